The fourth-order valence-corrected chi connectivity index (χ4v) is 3.73. The number of nitrogens with one attached hydrogen (secondary N) is 1. The van der Waals surface area contributed by atoms with Crippen LogP contribution in [0.3, 0.4) is 0 Å². The first-order valence-electron chi connectivity index (χ1n) is 9.56. The van der Waals surface area contributed by atoms with E-state index in [9.17, 15) is 18.0 Å². The van der Waals surface area contributed by atoms with Gasteiger partial charge in [-0.05, 0) is 43.9 Å². The number of carbonyl (C=O) groups excluding carboxylic acids is 1. The number of hydrogen-bond acceptors (Lipinski definition) is 4. The van der Waals surface area contributed by atoms with E-state index in [0.717, 1.165) is 55.5 Å². The molecule has 1 aromatic carbocycles. The van der Waals surface area contributed by atoms with Gasteiger partial charge in [-0.1, -0.05) is 11.6 Å². The van der Waals surface area contributed by atoms with E-state index in [2.05, 4.69) is 15.3 Å². The Bertz CT molecular complexity index is 917. The number of rotatable bonds is 4. The molecule has 0 bridgehead atoms. The number of amides is 1. The highest BCUT2D eigenvalue weighted by Crippen LogP contribution is 2.40. The van der Waals surface area contributed by atoms with E-state index in [0.29, 0.717) is 18.9 Å². The van der Waals surface area contributed by atoms with Gasteiger partial charge >= 0.3 is 6.18 Å². The molecule has 1 saturated heterocycles. The highest BCUT2D eigenvalue weighted by atomic mass is 35.5. The summed E-state index contributed by atoms with van der Waals surface area (Å²) in [5, 5.41) is 2.65. The highest BCUT2D eigenvalue weighted by Gasteiger charge is 2.32. The summed E-state index contributed by atoms with van der Waals surface area (Å²) in [4.78, 5) is 23.4. The van der Waals surface area contributed by atoms with E-state index >= 15 is 0 Å². The highest BCUT2D eigenvalue weighted by molar-refractivity contribution is 6.33. The lowest BCUT2D eigenvalue weighted by atomic mass is 9.97. The molecule has 0 radical (unpaired) electrons. The van der Waals surface area contributed by atoms with Gasteiger partial charge in [-0.25, -0.2) is 9.97 Å². The van der Waals surface area contributed by atoms with Gasteiger partial charge in [-0.3, -0.25) is 4.79 Å². The Morgan fingerprint density at radius 1 is 1.17 bits per heavy atom. The third-order valence-electron chi connectivity index (χ3n) is 5.34. The van der Waals surface area contributed by atoms with Gasteiger partial charge in [-0.2, -0.15) is 13.2 Å². The number of carbonyl (C=O) groups is 1. The Kier molecular flexibility index (Phi) is 5.38. The second kappa shape index (κ2) is 7.82. The largest absolute Gasteiger partial charge is 0.416 e. The van der Waals surface area contributed by atoms with Crippen molar-refractivity contribution in [3.05, 3.63) is 46.9 Å². The minimum Gasteiger partial charge on any atom is -0.356 e. The van der Waals surface area contributed by atoms with Crippen LogP contribution in [-0.4, -0.2) is 29.0 Å². The van der Waals surface area contributed by atoms with Gasteiger partial charge in [0, 0.05) is 30.8 Å². The Morgan fingerprint density at radius 3 is 2.69 bits per heavy atom. The number of hydrogen-bond donors (Lipinski definition) is 1. The molecule has 0 unspecified atom stereocenters. The third-order valence-corrected chi connectivity index (χ3v) is 5.67. The third kappa shape index (κ3) is 4.63. The number of alkyl halides is 3. The fraction of sp³-hybridized carbons (Fsp3) is 0.450. The van der Waals surface area contributed by atoms with Gasteiger partial charge in [0.1, 0.15) is 12.1 Å². The smallest absolute Gasteiger partial charge is 0.356 e. The number of halogens is 4. The zero-order valence-corrected chi connectivity index (χ0v) is 16.3. The zero-order valence-electron chi connectivity index (χ0n) is 15.5. The van der Waals surface area contributed by atoms with Crippen molar-refractivity contribution in [3.63, 3.8) is 0 Å². The Hall–Kier alpha value is -2.35. The van der Waals surface area contributed by atoms with Crippen molar-refractivity contribution >= 4 is 29.0 Å². The van der Waals surface area contributed by atoms with Crippen LogP contribution in [0.1, 0.15) is 42.9 Å². The molecule has 154 valence electrons. The molecule has 1 saturated carbocycles. The maximum absolute atomic E-state index is 12.9. The van der Waals surface area contributed by atoms with Crippen molar-refractivity contribution in [2.45, 2.75) is 37.8 Å². The normalized spacial score (nSPS) is 19.9. The molecular formula is C20H20ClF3N4O. The maximum Gasteiger partial charge on any atom is 0.416 e. The summed E-state index contributed by atoms with van der Waals surface area (Å²) in [6.45, 7) is 1.22. The van der Waals surface area contributed by atoms with Crippen molar-refractivity contribution < 1.29 is 18.0 Å². The summed E-state index contributed by atoms with van der Waals surface area (Å²) in [6, 6.07) is 4.88. The molecule has 5 nitrogen and oxygen atoms in total. The van der Waals surface area contributed by atoms with E-state index in [-0.39, 0.29) is 22.5 Å². The van der Waals surface area contributed by atoms with Crippen molar-refractivity contribution in [2.24, 2.45) is 5.92 Å². The van der Waals surface area contributed by atoms with Gasteiger partial charge in [-0.15, -0.1) is 0 Å². The van der Waals surface area contributed by atoms with Crippen molar-refractivity contribution in [1.29, 1.82) is 0 Å². The van der Waals surface area contributed by atoms with Gasteiger partial charge in [0.25, 0.3) is 0 Å². The maximum atomic E-state index is 12.9. The lowest BCUT2D eigenvalue weighted by molar-refractivity contribution is -0.137. The predicted octanol–water partition coefficient (Wildman–Crippen LogP) is 4.88. The summed E-state index contributed by atoms with van der Waals surface area (Å²) in [7, 11) is 0. The van der Waals surface area contributed by atoms with Crippen LogP contribution in [0, 0.1) is 5.92 Å². The topological polar surface area (TPSA) is 58.1 Å². The standard InChI is InChI=1S/C20H20ClF3N4O/c21-15-6-5-14(20(22,23)24)8-17(15)27-19(29)13-2-1-7-28(10-13)18-9-16(12-3-4-12)25-11-26-18/h5-6,8-9,11-13H,1-4,7,10H2,(H,27,29)/t13-/m0/s1. The molecule has 1 amide bonds. The summed E-state index contributed by atoms with van der Waals surface area (Å²) >= 11 is 6.00. The molecule has 4 rings (SSSR count). The molecule has 1 N–H and O–H groups in total. The molecule has 1 aliphatic carbocycles. The molecule has 1 aliphatic heterocycles. The number of piperidine rings is 1. The predicted molar refractivity (Wildman–Crippen MR) is 104 cm³/mol. The summed E-state index contributed by atoms with van der Waals surface area (Å²) < 4.78 is 38.8. The average molecular weight is 425 g/mol. The first kappa shape index (κ1) is 19.9. The monoisotopic (exact) mass is 424 g/mol. The van der Waals surface area contributed by atoms with Gasteiger partial charge in [0.05, 0.1) is 22.2 Å². The van der Waals surface area contributed by atoms with Crippen LogP contribution in [0.4, 0.5) is 24.7 Å². The first-order chi connectivity index (χ1) is 13.8. The van der Waals surface area contributed by atoms with Crippen LogP contribution >= 0.6 is 11.6 Å². The molecule has 2 aliphatic rings. The van der Waals surface area contributed by atoms with Crippen molar-refractivity contribution in [1.82, 2.24) is 9.97 Å². The Balaban J connectivity index is 1.46. The lowest BCUT2D eigenvalue weighted by Gasteiger charge is -2.33. The van der Waals surface area contributed by atoms with Crippen molar-refractivity contribution in [3.8, 4) is 0 Å². The minimum absolute atomic E-state index is 0.0262. The van der Waals surface area contributed by atoms with Crippen LogP contribution in [0.5, 0.6) is 0 Å². The van der Waals surface area contributed by atoms with Gasteiger partial charge in [0.15, 0.2) is 0 Å². The summed E-state index contributed by atoms with van der Waals surface area (Å²) in [5.41, 5.74) is 0.148. The van der Waals surface area contributed by atoms with E-state index in [1.54, 1.807) is 6.33 Å². The molecule has 0 spiro atoms. The number of anilines is 2. The quantitative estimate of drug-likeness (QED) is 0.759. The van der Waals surface area contributed by atoms with Crippen LogP contribution in [0.25, 0.3) is 0 Å². The fourth-order valence-electron chi connectivity index (χ4n) is 3.57. The average Bonchev–Trinajstić information content (AvgIpc) is 3.54. The van der Waals surface area contributed by atoms with E-state index in [4.69, 9.17) is 11.6 Å². The SMILES string of the molecule is O=C(Nc1cc(C(F)(F)F)ccc1Cl)[C@H]1CCCN(c2cc(C3CC3)ncn2)C1. The van der Waals surface area contributed by atoms with E-state index in [1.165, 1.54) is 0 Å². The second-order valence-electron chi connectivity index (χ2n) is 7.54. The van der Waals surface area contributed by atoms with Crippen molar-refractivity contribution in [2.75, 3.05) is 23.3 Å². The Morgan fingerprint density at radius 2 is 1.97 bits per heavy atom. The van der Waals surface area contributed by atoms with Gasteiger partial charge in [0.2, 0.25) is 5.91 Å². The zero-order chi connectivity index (χ0) is 20.6. The molecule has 2 fully saturated rings. The molecule has 1 aromatic heterocycles. The molecule has 2 heterocycles. The van der Waals surface area contributed by atoms with Crippen LogP contribution in [-0.2, 0) is 11.0 Å². The minimum atomic E-state index is -4.50. The lowest BCUT2D eigenvalue weighted by Crippen LogP contribution is -2.41. The number of nitrogens with zero attached hydrogens (tertiary/aromatic N) is 3. The second-order valence-corrected chi connectivity index (χ2v) is 7.95. The number of aromatic nitrogens is 2. The van der Waals surface area contributed by atoms with E-state index in [1.807, 2.05) is 11.0 Å². The van der Waals surface area contributed by atoms with Gasteiger partial charge < -0.3 is 10.2 Å². The van der Waals surface area contributed by atoms with Crippen LogP contribution < -0.4 is 10.2 Å². The first-order valence-corrected chi connectivity index (χ1v) is 9.93. The molecule has 2 aromatic rings. The van der Waals surface area contributed by atoms with Crippen LogP contribution in [0.15, 0.2) is 30.6 Å². The molecule has 9 heteroatoms. The number of benzene rings is 1. The molecule has 29 heavy (non-hydrogen) atoms. The molecule has 1 atom stereocenters. The van der Waals surface area contributed by atoms with Crippen LogP contribution in [0.2, 0.25) is 5.02 Å². The van der Waals surface area contributed by atoms with E-state index < -0.39 is 11.7 Å². The summed E-state index contributed by atoms with van der Waals surface area (Å²) in [6.07, 6.45) is 0.766. The Labute approximate surface area is 171 Å². The summed E-state index contributed by atoms with van der Waals surface area (Å²) in [5.74, 6) is 0.585. The molecular weight excluding hydrogens is 405 g/mol.